The van der Waals surface area contributed by atoms with Crippen molar-refractivity contribution in [3.63, 3.8) is 0 Å². The second-order valence-electron chi connectivity index (χ2n) is 5.93. The topological polar surface area (TPSA) is 0 Å². The lowest BCUT2D eigenvalue weighted by atomic mass is 10.1. The zero-order valence-corrected chi connectivity index (χ0v) is 13.6. The van der Waals surface area contributed by atoms with Crippen LogP contribution in [-0.4, -0.2) is 0 Å². The summed E-state index contributed by atoms with van der Waals surface area (Å²) in [6, 6.07) is 27.6. The SMILES string of the molecule is c1cc2cccc3c2c(c1)p1c2cccc4cccc(c42)p3-1. The Morgan fingerprint density at radius 3 is 1.05 bits per heavy atom. The standard InChI is InChI=1S/C20H12P2/c1-5-13-6-2-10-16-19(13)15(9-1)21-17-11-3-7-14-8-4-12-18(20(14)17)22(16)21/h1-12H. The molecule has 0 fully saturated rings. The number of hydrogen-bond acceptors (Lipinski definition) is 0. The highest BCUT2D eigenvalue weighted by molar-refractivity contribution is 8.31. The molecule has 2 heteroatoms. The Bertz CT molecular complexity index is 1080. The Morgan fingerprint density at radius 2 is 0.727 bits per heavy atom. The van der Waals surface area contributed by atoms with Crippen LogP contribution in [0.5, 0.6) is 0 Å². The molecule has 0 aromatic heterocycles. The number of fused-ring (bicyclic) bond motifs is 5. The van der Waals surface area contributed by atoms with Gasteiger partial charge in [-0.3, -0.25) is 0 Å². The molecule has 0 aliphatic carbocycles. The molecule has 0 bridgehead atoms. The van der Waals surface area contributed by atoms with Crippen molar-refractivity contribution in [1.82, 2.24) is 0 Å². The second kappa shape index (κ2) is 3.85. The van der Waals surface area contributed by atoms with Gasteiger partial charge in [0.05, 0.1) is 0 Å². The van der Waals surface area contributed by atoms with Crippen molar-refractivity contribution >= 4 is 56.5 Å². The van der Waals surface area contributed by atoms with Crippen molar-refractivity contribution in [3.05, 3.63) is 72.8 Å². The smallest absolute Gasteiger partial charge is 0.0112 e. The van der Waals surface area contributed by atoms with E-state index in [2.05, 4.69) is 72.8 Å². The molecule has 0 spiro atoms. The maximum Gasteiger partial charge on any atom is 0.0112 e. The zero-order valence-electron chi connectivity index (χ0n) is 11.8. The highest BCUT2D eigenvalue weighted by atomic mass is 32.0. The fraction of sp³-hybridized carbons (Fsp3) is 0. The van der Waals surface area contributed by atoms with Gasteiger partial charge in [0.15, 0.2) is 0 Å². The maximum absolute atomic E-state index is 2.38. The third-order valence-electron chi connectivity index (χ3n) is 4.83. The van der Waals surface area contributed by atoms with Gasteiger partial charge in [0.2, 0.25) is 0 Å². The molecule has 2 heterocycles. The van der Waals surface area contributed by atoms with E-state index in [9.17, 15) is 0 Å². The monoisotopic (exact) mass is 314 g/mol. The molecule has 4 aromatic carbocycles. The summed E-state index contributed by atoms with van der Waals surface area (Å²) in [5.74, 6) is 0. The molecule has 0 radical (unpaired) electrons. The Kier molecular flexibility index (Phi) is 2.02. The van der Waals surface area contributed by atoms with Crippen molar-refractivity contribution in [1.29, 1.82) is 0 Å². The summed E-state index contributed by atoms with van der Waals surface area (Å²) >= 11 is 0. The summed E-state index contributed by atoms with van der Waals surface area (Å²) < 4.78 is 0. The van der Waals surface area contributed by atoms with Gasteiger partial charge in [0, 0.05) is 31.2 Å². The van der Waals surface area contributed by atoms with Gasteiger partial charge in [-0.25, -0.2) is 0 Å². The molecule has 0 atom stereocenters. The summed E-state index contributed by atoms with van der Waals surface area (Å²) in [7, 11) is -0.438. The molecule has 102 valence electrons. The van der Waals surface area contributed by atoms with Crippen LogP contribution in [0.15, 0.2) is 72.8 Å². The molecular weight excluding hydrogens is 302 g/mol. The number of rotatable bonds is 0. The lowest BCUT2D eigenvalue weighted by Crippen LogP contribution is -1.72. The number of hydrogen-bond donors (Lipinski definition) is 0. The molecule has 0 saturated carbocycles. The quantitative estimate of drug-likeness (QED) is 0.273. The van der Waals surface area contributed by atoms with E-state index in [1.807, 2.05) is 0 Å². The zero-order chi connectivity index (χ0) is 14.3. The average molecular weight is 314 g/mol. The van der Waals surface area contributed by atoms with Crippen LogP contribution in [0, 0.1) is 0 Å². The second-order valence-corrected chi connectivity index (χ2v) is 11.5. The van der Waals surface area contributed by atoms with E-state index in [-0.39, 0.29) is 14.4 Å². The van der Waals surface area contributed by atoms with Crippen molar-refractivity contribution in [3.8, 4) is 0 Å². The fourth-order valence-corrected chi connectivity index (χ4v) is 12.9. The van der Waals surface area contributed by atoms with Crippen LogP contribution in [0.3, 0.4) is 0 Å². The Morgan fingerprint density at radius 1 is 0.409 bits per heavy atom. The first-order chi connectivity index (χ1) is 10.9. The first kappa shape index (κ1) is 11.6. The molecular formula is C20H12P2. The van der Waals surface area contributed by atoms with Gasteiger partial charge in [-0.05, 0) is 35.0 Å². The first-order valence-corrected chi connectivity index (χ1v) is 11.0. The summed E-state index contributed by atoms with van der Waals surface area (Å²) in [6.45, 7) is 0. The highest BCUT2D eigenvalue weighted by Gasteiger charge is 2.23. The Labute approximate surface area is 129 Å². The van der Waals surface area contributed by atoms with Crippen molar-refractivity contribution < 1.29 is 0 Å². The van der Waals surface area contributed by atoms with Crippen LogP contribution in [-0.2, 0) is 0 Å². The van der Waals surface area contributed by atoms with Gasteiger partial charge in [0.25, 0.3) is 0 Å². The molecule has 0 nitrogen and oxygen atoms in total. The lowest BCUT2D eigenvalue weighted by molar-refractivity contribution is 1.85. The number of benzene rings is 4. The van der Waals surface area contributed by atoms with E-state index in [4.69, 9.17) is 0 Å². The summed E-state index contributed by atoms with van der Waals surface area (Å²) in [4.78, 5) is 0. The Hall–Kier alpha value is -2.00. The van der Waals surface area contributed by atoms with Gasteiger partial charge in [-0.2, -0.15) is 0 Å². The predicted octanol–water partition coefficient (Wildman–Crippen LogP) is 7.46. The van der Waals surface area contributed by atoms with E-state index in [1.165, 1.54) is 10.8 Å². The van der Waals surface area contributed by atoms with Gasteiger partial charge in [-0.15, -0.1) is 0 Å². The van der Waals surface area contributed by atoms with E-state index < -0.39 is 0 Å². The summed E-state index contributed by atoms with van der Waals surface area (Å²) in [5, 5.41) is 12.4. The Balaban J connectivity index is 2.10. The van der Waals surface area contributed by atoms with E-state index in [0.717, 1.165) is 0 Å². The molecule has 2 aliphatic heterocycles. The molecule has 6 rings (SSSR count). The lowest BCUT2D eigenvalue weighted by Gasteiger charge is -2.00. The van der Waals surface area contributed by atoms with E-state index >= 15 is 0 Å². The van der Waals surface area contributed by atoms with Crippen LogP contribution >= 0.6 is 14.4 Å². The van der Waals surface area contributed by atoms with Crippen molar-refractivity contribution in [2.45, 2.75) is 0 Å². The molecule has 4 aromatic rings. The van der Waals surface area contributed by atoms with Gasteiger partial charge in [-0.1, -0.05) is 63.0 Å². The summed E-state index contributed by atoms with van der Waals surface area (Å²) in [5.41, 5.74) is 0. The molecule has 0 saturated heterocycles. The molecule has 22 heavy (non-hydrogen) atoms. The van der Waals surface area contributed by atoms with Crippen LogP contribution in [0.4, 0.5) is 0 Å². The fourth-order valence-electron chi connectivity index (χ4n) is 4.00. The molecule has 0 N–H and O–H groups in total. The van der Waals surface area contributed by atoms with Gasteiger partial charge < -0.3 is 0 Å². The van der Waals surface area contributed by atoms with Crippen LogP contribution in [0.2, 0.25) is 0 Å². The van der Waals surface area contributed by atoms with E-state index in [0.29, 0.717) is 0 Å². The molecule has 2 aliphatic rings. The first-order valence-electron chi connectivity index (χ1n) is 7.57. The largest absolute Gasteiger partial charge is 0.0607 e. The third kappa shape index (κ3) is 1.19. The average Bonchev–Trinajstić information content (AvgIpc) is 3.07. The molecule has 0 unspecified atom stereocenters. The van der Waals surface area contributed by atoms with Crippen LogP contribution in [0.25, 0.3) is 42.0 Å². The highest BCUT2D eigenvalue weighted by Crippen LogP contribution is 2.76. The normalized spacial score (nSPS) is 14.2. The van der Waals surface area contributed by atoms with Gasteiger partial charge >= 0.3 is 0 Å². The maximum atomic E-state index is 2.38. The third-order valence-corrected chi connectivity index (χ3v) is 12.3. The van der Waals surface area contributed by atoms with Gasteiger partial charge in [0.1, 0.15) is 0 Å². The minimum Gasteiger partial charge on any atom is -0.0607 e. The minimum absolute atomic E-state index is 0.219. The van der Waals surface area contributed by atoms with Crippen molar-refractivity contribution in [2.24, 2.45) is 0 Å². The predicted molar refractivity (Wildman–Crippen MR) is 101 cm³/mol. The van der Waals surface area contributed by atoms with Crippen LogP contribution < -0.4 is 0 Å². The molecule has 0 amide bonds. The van der Waals surface area contributed by atoms with Crippen LogP contribution in [0.1, 0.15) is 0 Å². The minimum atomic E-state index is -0.219. The summed E-state index contributed by atoms with van der Waals surface area (Å²) in [6.07, 6.45) is 0. The van der Waals surface area contributed by atoms with E-state index in [1.54, 1.807) is 31.2 Å². The van der Waals surface area contributed by atoms with Crippen molar-refractivity contribution in [2.75, 3.05) is 0 Å².